The molecule has 0 amide bonds. The maximum absolute atomic E-state index is 10.1. The minimum atomic E-state index is -0.0967. The maximum atomic E-state index is 10.1. The third kappa shape index (κ3) is 31.5. The van der Waals surface area contributed by atoms with Crippen LogP contribution in [-0.2, 0) is 0 Å². The van der Waals surface area contributed by atoms with Crippen molar-refractivity contribution >= 4 is 0 Å². The first-order chi connectivity index (χ1) is 17.8. The van der Waals surface area contributed by atoms with Crippen molar-refractivity contribution in [2.45, 2.75) is 199 Å². The summed E-state index contributed by atoms with van der Waals surface area (Å²) in [5.74, 6) is 0. The normalized spacial score (nSPS) is 12.5. The molecular formula is C35H68O. The van der Waals surface area contributed by atoms with E-state index in [2.05, 4.69) is 25.7 Å². The lowest BCUT2D eigenvalue weighted by atomic mass is 10.0. The summed E-state index contributed by atoms with van der Waals surface area (Å²) in [5.41, 5.74) is 0. The zero-order chi connectivity index (χ0) is 26.2. The topological polar surface area (TPSA) is 20.2 Å². The van der Waals surface area contributed by atoms with E-state index in [0.717, 1.165) is 25.7 Å². The van der Waals surface area contributed by atoms with Crippen LogP contribution < -0.4 is 0 Å². The monoisotopic (exact) mass is 505 g/mol. The smallest absolute Gasteiger partial charge is 0.0543 e. The third-order valence-corrected chi connectivity index (χ3v) is 7.75. The summed E-state index contributed by atoms with van der Waals surface area (Å²) in [7, 11) is 0. The third-order valence-electron chi connectivity index (χ3n) is 7.75. The summed E-state index contributed by atoms with van der Waals surface area (Å²) in [6.07, 6.45) is 45.6. The lowest BCUT2D eigenvalue weighted by Gasteiger charge is -2.09. The standard InChI is InChI=1S/C35H68O/c1-3-5-7-9-11-13-14-15-16-17-18-19-20-21-22-23-24-25-26-28-30-32-34-35(36)33-31-29-27-12-10-8-6-4-2/h4,27,29,35-36H,2-3,5-26,28,30-34H2,1H3/t35-/m1/s1. The van der Waals surface area contributed by atoms with Gasteiger partial charge in [-0.2, -0.15) is 0 Å². The van der Waals surface area contributed by atoms with Crippen LogP contribution in [0.4, 0.5) is 0 Å². The Labute approximate surface area is 229 Å². The van der Waals surface area contributed by atoms with Gasteiger partial charge in [0.1, 0.15) is 0 Å². The molecule has 0 saturated carbocycles. The highest BCUT2D eigenvalue weighted by Crippen LogP contribution is 2.16. The molecule has 0 spiro atoms. The number of rotatable bonds is 31. The Morgan fingerprint density at radius 3 is 1.22 bits per heavy atom. The Bertz CT molecular complexity index is 426. The molecule has 0 rings (SSSR count). The summed E-state index contributed by atoms with van der Waals surface area (Å²) < 4.78 is 0. The first kappa shape index (κ1) is 35.4. The van der Waals surface area contributed by atoms with Gasteiger partial charge in [-0.15, -0.1) is 6.58 Å². The van der Waals surface area contributed by atoms with Gasteiger partial charge < -0.3 is 5.11 Å². The predicted octanol–water partition coefficient (Wildman–Crippen LogP) is 12.4. The number of allylic oxidation sites excluding steroid dienone is 3. The van der Waals surface area contributed by atoms with Gasteiger partial charge in [0.2, 0.25) is 0 Å². The fourth-order valence-corrected chi connectivity index (χ4v) is 5.21. The van der Waals surface area contributed by atoms with Gasteiger partial charge in [0.25, 0.3) is 0 Å². The molecule has 0 aromatic carbocycles. The van der Waals surface area contributed by atoms with E-state index >= 15 is 0 Å². The number of hydrogen-bond acceptors (Lipinski definition) is 1. The summed E-state index contributed by atoms with van der Waals surface area (Å²) in [4.78, 5) is 0. The predicted molar refractivity (Wildman–Crippen MR) is 165 cm³/mol. The molecule has 1 N–H and O–H groups in total. The molecule has 36 heavy (non-hydrogen) atoms. The van der Waals surface area contributed by atoms with Gasteiger partial charge in [-0.1, -0.05) is 166 Å². The Hall–Kier alpha value is -0.560. The molecule has 0 unspecified atom stereocenters. The van der Waals surface area contributed by atoms with E-state index < -0.39 is 0 Å². The van der Waals surface area contributed by atoms with Gasteiger partial charge in [-0.25, -0.2) is 0 Å². The van der Waals surface area contributed by atoms with Crippen molar-refractivity contribution in [2.75, 3.05) is 0 Å². The van der Waals surface area contributed by atoms with E-state index in [0.29, 0.717) is 0 Å². The van der Waals surface area contributed by atoms with Crippen molar-refractivity contribution in [3.63, 3.8) is 0 Å². The fourth-order valence-electron chi connectivity index (χ4n) is 5.21. The summed E-state index contributed by atoms with van der Waals surface area (Å²) in [6, 6.07) is 0. The molecular weight excluding hydrogens is 436 g/mol. The van der Waals surface area contributed by atoms with Crippen molar-refractivity contribution in [2.24, 2.45) is 0 Å². The Balaban J connectivity index is 3.14. The van der Waals surface area contributed by atoms with Crippen molar-refractivity contribution in [1.29, 1.82) is 0 Å². The highest BCUT2D eigenvalue weighted by atomic mass is 16.3. The van der Waals surface area contributed by atoms with E-state index in [4.69, 9.17) is 0 Å². The minimum absolute atomic E-state index is 0.0967. The van der Waals surface area contributed by atoms with Crippen LogP contribution in [0.2, 0.25) is 0 Å². The van der Waals surface area contributed by atoms with E-state index in [-0.39, 0.29) is 6.10 Å². The van der Waals surface area contributed by atoms with Gasteiger partial charge in [0.15, 0.2) is 0 Å². The van der Waals surface area contributed by atoms with Crippen LogP contribution >= 0.6 is 0 Å². The number of hydrogen-bond donors (Lipinski definition) is 1. The minimum Gasteiger partial charge on any atom is -0.393 e. The lowest BCUT2D eigenvalue weighted by Crippen LogP contribution is -2.05. The quantitative estimate of drug-likeness (QED) is 0.0735. The second kappa shape index (κ2) is 32.5. The zero-order valence-corrected chi connectivity index (χ0v) is 25.0. The number of unbranched alkanes of at least 4 members (excludes halogenated alkanes) is 24. The highest BCUT2D eigenvalue weighted by Gasteiger charge is 2.02. The first-order valence-corrected chi connectivity index (χ1v) is 16.7. The van der Waals surface area contributed by atoms with Crippen LogP contribution in [0.3, 0.4) is 0 Å². The Morgan fingerprint density at radius 1 is 0.444 bits per heavy atom. The van der Waals surface area contributed by atoms with E-state index in [9.17, 15) is 5.11 Å². The lowest BCUT2D eigenvalue weighted by molar-refractivity contribution is 0.152. The average Bonchev–Trinajstić information content (AvgIpc) is 2.88. The van der Waals surface area contributed by atoms with Crippen molar-refractivity contribution in [1.82, 2.24) is 0 Å². The van der Waals surface area contributed by atoms with Crippen molar-refractivity contribution in [3.8, 4) is 0 Å². The molecule has 0 bridgehead atoms. The van der Waals surface area contributed by atoms with Crippen molar-refractivity contribution < 1.29 is 5.11 Å². The zero-order valence-electron chi connectivity index (χ0n) is 25.0. The number of aliphatic hydroxyl groups is 1. The van der Waals surface area contributed by atoms with Gasteiger partial charge in [0.05, 0.1) is 6.10 Å². The Morgan fingerprint density at radius 2 is 0.806 bits per heavy atom. The van der Waals surface area contributed by atoms with Gasteiger partial charge >= 0.3 is 0 Å². The molecule has 1 heteroatoms. The van der Waals surface area contributed by atoms with E-state index in [1.165, 1.54) is 161 Å². The number of aliphatic hydroxyl groups excluding tert-OH is 1. The molecule has 0 aliphatic rings. The van der Waals surface area contributed by atoms with Crippen LogP contribution in [0.25, 0.3) is 0 Å². The largest absolute Gasteiger partial charge is 0.393 e. The highest BCUT2D eigenvalue weighted by molar-refractivity contribution is 4.82. The van der Waals surface area contributed by atoms with Gasteiger partial charge in [-0.05, 0) is 44.9 Å². The summed E-state index contributed by atoms with van der Waals surface area (Å²) in [6.45, 7) is 6.06. The molecule has 1 atom stereocenters. The van der Waals surface area contributed by atoms with E-state index in [1.54, 1.807) is 0 Å². The molecule has 0 aliphatic carbocycles. The molecule has 0 fully saturated rings. The van der Waals surface area contributed by atoms with Crippen LogP contribution in [0.1, 0.15) is 193 Å². The van der Waals surface area contributed by atoms with Gasteiger partial charge in [0, 0.05) is 0 Å². The molecule has 1 nitrogen and oxygen atoms in total. The van der Waals surface area contributed by atoms with Crippen molar-refractivity contribution in [3.05, 3.63) is 24.8 Å². The Kier molecular flexibility index (Phi) is 32.0. The molecule has 0 heterocycles. The molecule has 0 aliphatic heterocycles. The molecule has 0 saturated heterocycles. The average molecular weight is 505 g/mol. The van der Waals surface area contributed by atoms with Gasteiger partial charge in [-0.3, -0.25) is 0 Å². The fraction of sp³-hybridized carbons (Fsp3) is 0.886. The second-order valence-corrected chi connectivity index (χ2v) is 11.5. The molecule has 0 aromatic heterocycles. The second-order valence-electron chi connectivity index (χ2n) is 11.5. The molecule has 0 radical (unpaired) electrons. The summed E-state index contributed by atoms with van der Waals surface area (Å²) >= 11 is 0. The van der Waals surface area contributed by atoms with Crippen LogP contribution in [0.5, 0.6) is 0 Å². The first-order valence-electron chi connectivity index (χ1n) is 16.7. The van der Waals surface area contributed by atoms with E-state index in [1.807, 2.05) is 6.08 Å². The summed E-state index contributed by atoms with van der Waals surface area (Å²) in [5, 5.41) is 10.1. The molecule has 0 aromatic rings. The van der Waals surface area contributed by atoms with Crippen LogP contribution in [0, 0.1) is 0 Å². The van der Waals surface area contributed by atoms with Crippen LogP contribution in [-0.4, -0.2) is 11.2 Å². The van der Waals surface area contributed by atoms with Crippen LogP contribution in [0.15, 0.2) is 24.8 Å². The SMILES string of the molecule is C=CCCCCC=CCC[C@@H](O)CCCCCCCCCCCCCCCCCCCCCCCC. The molecule has 214 valence electrons. The maximum Gasteiger partial charge on any atom is 0.0543 e.